The maximum Gasteiger partial charge on any atom is 0.253 e. The molecule has 0 aromatic heterocycles. The van der Waals surface area contributed by atoms with Gasteiger partial charge in [0.05, 0.1) is 29.3 Å². The predicted octanol–water partition coefficient (Wildman–Crippen LogP) is 1.20. The molecule has 1 saturated heterocycles. The predicted molar refractivity (Wildman–Crippen MR) is 95.8 cm³/mol. The van der Waals surface area contributed by atoms with Crippen LogP contribution in [0.5, 0.6) is 0 Å². The van der Waals surface area contributed by atoms with Crippen LogP contribution in [-0.4, -0.2) is 48.7 Å². The Labute approximate surface area is 156 Å². The summed E-state index contributed by atoms with van der Waals surface area (Å²) in [6.45, 7) is 1.67. The van der Waals surface area contributed by atoms with E-state index in [1.807, 2.05) is 0 Å². The van der Waals surface area contributed by atoms with Crippen molar-refractivity contribution in [1.29, 1.82) is 0 Å². The van der Waals surface area contributed by atoms with Crippen LogP contribution in [0.15, 0.2) is 18.2 Å². The highest BCUT2D eigenvalue weighted by molar-refractivity contribution is 6.35. The minimum Gasteiger partial charge on any atom is -0.391 e. The summed E-state index contributed by atoms with van der Waals surface area (Å²) in [5.41, 5.74) is 0.222. The lowest BCUT2D eigenvalue weighted by Gasteiger charge is -2.35. The molecule has 4 atom stereocenters. The Bertz CT molecular complexity index is 671. The number of carbonyl (C=O) groups is 2. The minimum atomic E-state index is -0.553. The van der Waals surface area contributed by atoms with Crippen molar-refractivity contribution in [3.05, 3.63) is 33.8 Å². The largest absolute Gasteiger partial charge is 0.391 e. The molecule has 1 saturated carbocycles. The molecule has 2 amide bonds. The molecule has 136 valence electrons. The second-order valence-electron chi connectivity index (χ2n) is 6.70. The Morgan fingerprint density at radius 2 is 1.92 bits per heavy atom. The van der Waals surface area contributed by atoms with Crippen LogP contribution in [0.1, 0.15) is 23.2 Å². The van der Waals surface area contributed by atoms with Gasteiger partial charge in [-0.15, -0.1) is 0 Å². The van der Waals surface area contributed by atoms with E-state index >= 15 is 0 Å². The highest BCUT2D eigenvalue weighted by atomic mass is 35.5. The lowest BCUT2D eigenvalue weighted by atomic mass is 9.77. The van der Waals surface area contributed by atoms with E-state index in [0.717, 1.165) is 19.5 Å². The van der Waals surface area contributed by atoms with Gasteiger partial charge in [0.2, 0.25) is 5.91 Å². The highest BCUT2D eigenvalue weighted by Crippen LogP contribution is 2.32. The summed E-state index contributed by atoms with van der Waals surface area (Å²) in [6.07, 6.45) is 0.884. The summed E-state index contributed by atoms with van der Waals surface area (Å²) < 4.78 is 0. The quantitative estimate of drug-likeness (QED) is 0.626. The fraction of sp³-hybridized carbons (Fsp3) is 0.529. The molecule has 1 aromatic rings. The van der Waals surface area contributed by atoms with E-state index in [4.69, 9.17) is 23.2 Å². The summed E-state index contributed by atoms with van der Waals surface area (Å²) in [5.74, 6) is 0.160. The first-order chi connectivity index (χ1) is 11.9. The van der Waals surface area contributed by atoms with Gasteiger partial charge in [-0.2, -0.15) is 0 Å². The van der Waals surface area contributed by atoms with Crippen LogP contribution in [0.2, 0.25) is 10.0 Å². The number of benzene rings is 1. The van der Waals surface area contributed by atoms with Crippen LogP contribution in [0, 0.1) is 11.8 Å². The van der Waals surface area contributed by atoms with Gasteiger partial charge in [-0.25, -0.2) is 0 Å². The average Bonchev–Trinajstić information content (AvgIpc) is 3.02. The van der Waals surface area contributed by atoms with Crippen molar-refractivity contribution in [3.63, 3.8) is 0 Å². The first-order valence-corrected chi connectivity index (χ1v) is 9.11. The van der Waals surface area contributed by atoms with Crippen LogP contribution in [0.4, 0.5) is 0 Å². The van der Waals surface area contributed by atoms with Gasteiger partial charge in [0.1, 0.15) is 0 Å². The zero-order chi connectivity index (χ0) is 18.0. The fourth-order valence-electron chi connectivity index (χ4n) is 3.64. The van der Waals surface area contributed by atoms with Crippen molar-refractivity contribution >= 4 is 35.0 Å². The summed E-state index contributed by atoms with van der Waals surface area (Å²) in [7, 11) is 0. The molecule has 1 heterocycles. The normalized spacial score (nSPS) is 28.3. The van der Waals surface area contributed by atoms with Crippen LogP contribution in [0.3, 0.4) is 0 Å². The third-order valence-electron chi connectivity index (χ3n) is 4.97. The molecule has 6 nitrogen and oxygen atoms in total. The lowest BCUT2D eigenvalue weighted by Crippen LogP contribution is -2.51. The molecule has 2 aliphatic rings. The molecule has 1 aliphatic carbocycles. The number of halogens is 2. The maximum absolute atomic E-state index is 12.1. The van der Waals surface area contributed by atoms with Gasteiger partial charge >= 0.3 is 0 Å². The number of nitrogens with one attached hydrogen (secondary N) is 3. The maximum atomic E-state index is 12.1. The lowest BCUT2D eigenvalue weighted by molar-refractivity contribution is -0.122. The summed E-state index contributed by atoms with van der Waals surface area (Å²) in [5, 5.41) is 19.6. The summed E-state index contributed by atoms with van der Waals surface area (Å²) in [6, 6.07) is 4.29. The van der Waals surface area contributed by atoms with Crippen LogP contribution in [-0.2, 0) is 4.79 Å². The summed E-state index contributed by atoms with van der Waals surface area (Å²) >= 11 is 11.8. The monoisotopic (exact) mass is 385 g/mol. The Balaban J connectivity index is 1.51. The minimum absolute atomic E-state index is 0.183. The second-order valence-corrected chi connectivity index (χ2v) is 7.54. The molecule has 0 spiro atoms. The number of aliphatic hydroxyl groups is 1. The molecule has 3 rings (SSSR count). The molecular weight excluding hydrogens is 365 g/mol. The fourth-order valence-corrected chi connectivity index (χ4v) is 4.01. The van der Waals surface area contributed by atoms with Gasteiger partial charge in [0.15, 0.2) is 0 Å². The molecule has 2 fully saturated rings. The molecule has 0 bridgehead atoms. The Morgan fingerprint density at radius 1 is 1.20 bits per heavy atom. The first kappa shape index (κ1) is 18.5. The molecule has 8 heteroatoms. The SMILES string of the molecule is O=C(CNC(=O)c1cc(Cl)ccc1Cl)N[C@H]1C[C@H]2CNC[C@H]2C[C@@H]1O. The number of amides is 2. The molecule has 25 heavy (non-hydrogen) atoms. The molecular formula is C17H21Cl2N3O3. The Kier molecular flexibility index (Phi) is 5.84. The highest BCUT2D eigenvalue weighted by Gasteiger charge is 2.39. The molecule has 1 aromatic carbocycles. The van der Waals surface area contributed by atoms with Crippen molar-refractivity contribution in [2.45, 2.75) is 25.0 Å². The topological polar surface area (TPSA) is 90.5 Å². The second kappa shape index (κ2) is 7.91. The molecule has 0 radical (unpaired) electrons. The average molecular weight is 386 g/mol. The Morgan fingerprint density at radius 3 is 2.68 bits per heavy atom. The van der Waals surface area contributed by atoms with Crippen LogP contribution >= 0.6 is 23.2 Å². The van der Waals surface area contributed by atoms with Gasteiger partial charge in [-0.3, -0.25) is 9.59 Å². The number of hydrogen-bond acceptors (Lipinski definition) is 4. The van der Waals surface area contributed by atoms with Crippen molar-refractivity contribution in [2.75, 3.05) is 19.6 Å². The number of fused-ring (bicyclic) bond motifs is 1. The smallest absolute Gasteiger partial charge is 0.253 e. The van der Waals surface area contributed by atoms with E-state index in [-0.39, 0.29) is 29.1 Å². The van der Waals surface area contributed by atoms with Crippen LogP contribution < -0.4 is 16.0 Å². The van der Waals surface area contributed by atoms with E-state index in [2.05, 4.69) is 16.0 Å². The van der Waals surface area contributed by atoms with E-state index in [1.165, 1.54) is 12.1 Å². The van der Waals surface area contributed by atoms with Gasteiger partial charge in [-0.1, -0.05) is 23.2 Å². The van der Waals surface area contributed by atoms with Gasteiger partial charge in [0.25, 0.3) is 5.91 Å². The van der Waals surface area contributed by atoms with Gasteiger partial charge < -0.3 is 21.1 Å². The first-order valence-electron chi connectivity index (χ1n) is 8.35. The Hall–Kier alpha value is -1.34. The van der Waals surface area contributed by atoms with Gasteiger partial charge in [-0.05, 0) is 56.0 Å². The molecule has 1 aliphatic heterocycles. The van der Waals surface area contributed by atoms with Gasteiger partial charge in [0, 0.05) is 5.02 Å². The van der Waals surface area contributed by atoms with Crippen molar-refractivity contribution in [3.8, 4) is 0 Å². The standard InChI is InChI=1S/C17H21Cl2N3O3/c18-11-1-2-13(19)12(5-11)17(25)21-8-16(24)22-14-3-9-6-20-7-10(9)4-15(14)23/h1-2,5,9-10,14-15,20,23H,3-4,6-8H2,(H,21,25)(H,22,24)/t9-,10+,14-,15-/m0/s1. The zero-order valence-corrected chi connectivity index (χ0v) is 15.1. The van der Waals surface area contributed by atoms with Crippen molar-refractivity contribution < 1.29 is 14.7 Å². The summed E-state index contributed by atoms with van der Waals surface area (Å²) in [4.78, 5) is 24.3. The molecule has 4 N–H and O–H groups in total. The number of rotatable bonds is 4. The van der Waals surface area contributed by atoms with Crippen LogP contribution in [0.25, 0.3) is 0 Å². The zero-order valence-electron chi connectivity index (χ0n) is 13.6. The number of hydrogen-bond donors (Lipinski definition) is 4. The van der Waals surface area contributed by atoms with E-state index in [1.54, 1.807) is 6.07 Å². The van der Waals surface area contributed by atoms with E-state index < -0.39 is 12.0 Å². The van der Waals surface area contributed by atoms with Crippen molar-refractivity contribution in [1.82, 2.24) is 16.0 Å². The number of aliphatic hydroxyl groups excluding tert-OH is 1. The third-order valence-corrected chi connectivity index (χ3v) is 5.54. The number of carbonyl (C=O) groups excluding carboxylic acids is 2. The molecule has 0 unspecified atom stereocenters. The van der Waals surface area contributed by atoms with Crippen molar-refractivity contribution in [2.24, 2.45) is 11.8 Å². The third kappa shape index (κ3) is 4.44. The van der Waals surface area contributed by atoms with E-state index in [9.17, 15) is 14.7 Å². The van der Waals surface area contributed by atoms with E-state index in [0.29, 0.717) is 23.3 Å².